The summed E-state index contributed by atoms with van der Waals surface area (Å²) in [4.78, 5) is 7.25. The maximum Gasteiger partial charge on any atom is 0.194 e. The summed E-state index contributed by atoms with van der Waals surface area (Å²) in [7, 11) is 0. The van der Waals surface area contributed by atoms with E-state index in [-0.39, 0.29) is 0 Å². The summed E-state index contributed by atoms with van der Waals surface area (Å²) < 4.78 is 5.38. The smallest absolute Gasteiger partial charge is 0.194 e. The third-order valence-corrected chi connectivity index (χ3v) is 4.88. The van der Waals surface area contributed by atoms with Crippen molar-refractivity contribution in [2.24, 2.45) is 16.8 Å². The molecule has 2 unspecified atom stereocenters. The quantitative estimate of drug-likeness (QED) is 0.516. The van der Waals surface area contributed by atoms with Gasteiger partial charge in [0, 0.05) is 32.6 Å². The Morgan fingerprint density at radius 2 is 2.14 bits per heavy atom. The molecular weight excluding hydrogens is 274 g/mol. The van der Waals surface area contributed by atoms with Crippen LogP contribution < -0.4 is 5.32 Å². The maximum absolute atomic E-state index is 5.38. The van der Waals surface area contributed by atoms with Crippen LogP contribution >= 0.6 is 0 Å². The Bertz CT molecular complexity index is 480. The van der Waals surface area contributed by atoms with E-state index in [0.717, 1.165) is 56.2 Å². The Hall–Kier alpha value is -1.71. The van der Waals surface area contributed by atoms with Gasteiger partial charge >= 0.3 is 0 Å². The molecule has 4 nitrogen and oxygen atoms in total. The van der Waals surface area contributed by atoms with E-state index in [2.05, 4.69) is 16.8 Å². The Kier molecular flexibility index (Phi) is 5.20. The van der Waals surface area contributed by atoms with Gasteiger partial charge in [-0.2, -0.15) is 0 Å². The average molecular weight is 301 g/mol. The van der Waals surface area contributed by atoms with Gasteiger partial charge in [0.05, 0.1) is 6.26 Å². The van der Waals surface area contributed by atoms with Crippen molar-refractivity contribution in [2.75, 3.05) is 26.2 Å². The minimum absolute atomic E-state index is 0.763. The summed E-state index contributed by atoms with van der Waals surface area (Å²) in [6.45, 7) is 7.66. The number of furan rings is 1. The molecule has 2 fully saturated rings. The van der Waals surface area contributed by atoms with Crippen molar-refractivity contribution in [3.63, 3.8) is 0 Å². The van der Waals surface area contributed by atoms with Gasteiger partial charge < -0.3 is 14.6 Å². The van der Waals surface area contributed by atoms with Crippen LogP contribution in [-0.2, 0) is 6.42 Å². The van der Waals surface area contributed by atoms with E-state index in [1.165, 1.54) is 25.7 Å². The lowest BCUT2D eigenvalue weighted by molar-refractivity contribution is 0.299. The number of fused-ring (bicyclic) bond motifs is 1. The molecule has 1 aliphatic carbocycles. The predicted octanol–water partition coefficient (Wildman–Crippen LogP) is 3.08. The minimum atomic E-state index is 0.763. The zero-order valence-electron chi connectivity index (χ0n) is 13.3. The second-order valence-corrected chi connectivity index (χ2v) is 6.41. The molecule has 0 bridgehead atoms. The molecule has 22 heavy (non-hydrogen) atoms. The molecule has 1 N–H and O–H groups in total. The van der Waals surface area contributed by atoms with Crippen LogP contribution in [0.15, 0.2) is 40.5 Å². The summed E-state index contributed by atoms with van der Waals surface area (Å²) in [6, 6.07) is 3.94. The molecule has 0 spiro atoms. The molecule has 0 amide bonds. The number of hydrogen-bond acceptors (Lipinski definition) is 2. The van der Waals surface area contributed by atoms with E-state index in [4.69, 9.17) is 9.41 Å². The largest absolute Gasteiger partial charge is 0.469 e. The van der Waals surface area contributed by atoms with Gasteiger partial charge in [0.25, 0.3) is 0 Å². The van der Waals surface area contributed by atoms with Crippen LogP contribution in [0.4, 0.5) is 0 Å². The Morgan fingerprint density at radius 1 is 1.36 bits per heavy atom. The molecule has 120 valence electrons. The standard InChI is InChI=1S/C18H27N3O/c1-2-10-19-18(20-11-9-17-8-5-12-22-17)21-13-15-6-3-4-7-16(15)14-21/h2,5,8,12,15-16H,1,3-4,6-7,9-11,13-14H2,(H,19,20). The predicted molar refractivity (Wildman–Crippen MR) is 89.9 cm³/mol. The number of rotatable bonds is 5. The van der Waals surface area contributed by atoms with E-state index in [1.54, 1.807) is 6.26 Å². The van der Waals surface area contributed by atoms with Crippen molar-refractivity contribution >= 4 is 5.96 Å². The van der Waals surface area contributed by atoms with Crippen molar-refractivity contribution in [3.8, 4) is 0 Å². The molecule has 2 heterocycles. The van der Waals surface area contributed by atoms with Crippen molar-refractivity contribution in [1.29, 1.82) is 0 Å². The van der Waals surface area contributed by atoms with Crippen LogP contribution in [0.1, 0.15) is 31.4 Å². The van der Waals surface area contributed by atoms with Gasteiger partial charge in [-0.3, -0.25) is 4.99 Å². The fourth-order valence-corrected chi connectivity index (χ4v) is 3.74. The molecule has 4 heteroatoms. The highest BCUT2D eigenvalue weighted by Gasteiger charge is 2.35. The first-order chi connectivity index (χ1) is 10.9. The average Bonchev–Trinajstić information content (AvgIpc) is 3.19. The second kappa shape index (κ2) is 7.52. The highest BCUT2D eigenvalue weighted by atomic mass is 16.3. The lowest BCUT2D eigenvalue weighted by atomic mass is 9.82. The summed E-state index contributed by atoms with van der Waals surface area (Å²) in [6.07, 6.45) is 10.1. The second-order valence-electron chi connectivity index (χ2n) is 6.41. The molecule has 0 radical (unpaired) electrons. The highest BCUT2D eigenvalue weighted by molar-refractivity contribution is 5.80. The third-order valence-electron chi connectivity index (χ3n) is 4.88. The van der Waals surface area contributed by atoms with Crippen molar-refractivity contribution in [3.05, 3.63) is 36.8 Å². The number of guanidine groups is 1. The van der Waals surface area contributed by atoms with Crippen LogP contribution in [0.5, 0.6) is 0 Å². The van der Waals surface area contributed by atoms with Crippen LogP contribution in [0.3, 0.4) is 0 Å². The Balaban J connectivity index is 1.60. The van der Waals surface area contributed by atoms with Crippen molar-refractivity contribution in [2.45, 2.75) is 32.1 Å². The van der Waals surface area contributed by atoms with Crippen LogP contribution in [0, 0.1) is 11.8 Å². The van der Waals surface area contributed by atoms with Crippen LogP contribution in [0.25, 0.3) is 0 Å². The first kappa shape index (κ1) is 15.2. The zero-order valence-corrected chi connectivity index (χ0v) is 13.3. The fourth-order valence-electron chi connectivity index (χ4n) is 3.74. The summed E-state index contributed by atoms with van der Waals surface area (Å²) in [5.74, 6) is 3.78. The molecule has 2 aliphatic rings. The van der Waals surface area contributed by atoms with E-state index in [0.29, 0.717) is 0 Å². The summed E-state index contributed by atoms with van der Waals surface area (Å²) in [5, 5.41) is 3.43. The normalized spacial score (nSPS) is 25.1. The summed E-state index contributed by atoms with van der Waals surface area (Å²) in [5.41, 5.74) is 0. The fraction of sp³-hybridized carbons (Fsp3) is 0.611. The molecule has 1 aromatic rings. The van der Waals surface area contributed by atoms with Crippen molar-refractivity contribution in [1.82, 2.24) is 10.2 Å². The van der Waals surface area contributed by atoms with E-state index >= 15 is 0 Å². The lowest BCUT2D eigenvalue weighted by Crippen LogP contribution is -2.40. The van der Waals surface area contributed by atoms with Gasteiger partial charge in [-0.05, 0) is 36.8 Å². The summed E-state index contributed by atoms with van der Waals surface area (Å²) >= 11 is 0. The van der Waals surface area contributed by atoms with E-state index in [1.807, 2.05) is 18.2 Å². The molecule has 2 atom stereocenters. The number of nitrogens with one attached hydrogen (secondary N) is 1. The van der Waals surface area contributed by atoms with Crippen molar-refractivity contribution < 1.29 is 4.42 Å². The topological polar surface area (TPSA) is 40.8 Å². The zero-order chi connectivity index (χ0) is 15.2. The Labute approximate surface area is 133 Å². The molecule has 1 saturated heterocycles. The Morgan fingerprint density at radius 3 is 2.77 bits per heavy atom. The van der Waals surface area contributed by atoms with Gasteiger partial charge in [-0.15, -0.1) is 6.58 Å². The van der Waals surface area contributed by atoms with Crippen LogP contribution in [-0.4, -0.2) is 37.0 Å². The minimum Gasteiger partial charge on any atom is -0.469 e. The number of nitrogens with zero attached hydrogens (tertiary/aromatic N) is 2. The first-order valence-electron chi connectivity index (χ1n) is 8.53. The number of likely N-dealkylation sites (tertiary alicyclic amines) is 1. The van der Waals surface area contributed by atoms with E-state index in [9.17, 15) is 0 Å². The first-order valence-corrected chi connectivity index (χ1v) is 8.53. The third kappa shape index (κ3) is 3.73. The molecule has 1 saturated carbocycles. The van der Waals surface area contributed by atoms with Gasteiger partial charge in [-0.1, -0.05) is 18.9 Å². The van der Waals surface area contributed by atoms with Gasteiger partial charge in [0.2, 0.25) is 0 Å². The van der Waals surface area contributed by atoms with Gasteiger partial charge in [-0.25, -0.2) is 0 Å². The van der Waals surface area contributed by atoms with Crippen LogP contribution in [0.2, 0.25) is 0 Å². The highest BCUT2D eigenvalue weighted by Crippen LogP contribution is 2.35. The number of hydrogen-bond donors (Lipinski definition) is 1. The molecular formula is C18H27N3O. The SMILES string of the molecule is C=CCNC(=NCCc1ccco1)N1CC2CCCCC2C1. The van der Waals surface area contributed by atoms with Gasteiger partial charge in [0.15, 0.2) is 5.96 Å². The maximum atomic E-state index is 5.38. The lowest BCUT2D eigenvalue weighted by Gasteiger charge is -2.22. The van der Waals surface area contributed by atoms with Gasteiger partial charge in [0.1, 0.15) is 5.76 Å². The molecule has 0 aromatic carbocycles. The molecule has 1 aliphatic heterocycles. The molecule has 3 rings (SSSR count). The monoisotopic (exact) mass is 301 g/mol. The molecule has 1 aromatic heterocycles. The van der Waals surface area contributed by atoms with E-state index < -0.39 is 0 Å². The number of aliphatic imine (C=N–C) groups is 1.